The van der Waals surface area contributed by atoms with Crippen LogP contribution in [0.1, 0.15) is 12.5 Å². The van der Waals surface area contributed by atoms with Crippen LogP contribution in [0.3, 0.4) is 0 Å². The lowest BCUT2D eigenvalue weighted by Gasteiger charge is -2.08. The number of hydrogen-bond acceptors (Lipinski definition) is 4. The van der Waals surface area contributed by atoms with E-state index in [2.05, 4.69) is 16.9 Å². The highest BCUT2D eigenvalue weighted by Crippen LogP contribution is 2.15. The third-order valence-corrected chi connectivity index (χ3v) is 5.44. The van der Waals surface area contributed by atoms with Crippen LogP contribution < -0.4 is 10.5 Å². The first-order valence-corrected chi connectivity index (χ1v) is 9.10. The summed E-state index contributed by atoms with van der Waals surface area (Å²) in [6.45, 7) is 1.79. The minimum atomic E-state index is -3.80. The molecule has 5 nitrogen and oxygen atoms in total. The van der Waals surface area contributed by atoms with Gasteiger partial charge < -0.3 is 5.73 Å². The molecule has 0 heterocycles. The fourth-order valence-electron chi connectivity index (χ4n) is 1.38. The van der Waals surface area contributed by atoms with Crippen LogP contribution in [0.25, 0.3) is 0 Å². The largest absolute Gasteiger partial charge is 0.389 e. The Balaban J connectivity index is 2.90. The molecule has 0 fully saturated rings. The molecule has 0 aliphatic rings. The number of hydrogen-bond donors (Lipinski definition) is 2. The molecule has 0 saturated carbocycles. The molecule has 0 aliphatic heterocycles. The second-order valence-electron chi connectivity index (χ2n) is 3.84. The van der Waals surface area contributed by atoms with Gasteiger partial charge in [0.05, 0.1) is 4.90 Å². The zero-order valence-corrected chi connectivity index (χ0v) is 13.2. The molecule has 0 bridgehead atoms. The van der Waals surface area contributed by atoms with Crippen molar-refractivity contribution in [2.45, 2.75) is 11.8 Å². The highest BCUT2D eigenvalue weighted by Gasteiger charge is 2.17. The third-order valence-electron chi connectivity index (χ3n) is 2.46. The summed E-state index contributed by atoms with van der Waals surface area (Å²) in [5.74, 6) is 0.00620. The van der Waals surface area contributed by atoms with Gasteiger partial charge in [0, 0.05) is 34.4 Å². The molecule has 0 aromatic heterocycles. The lowest BCUT2D eigenvalue weighted by atomic mass is 10.2. The van der Waals surface area contributed by atoms with Gasteiger partial charge in [0.2, 0.25) is 10.0 Å². The van der Waals surface area contributed by atoms with Gasteiger partial charge in [-0.2, -0.15) is 0 Å². The Hall–Kier alpha value is -0.900. The summed E-state index contributed by atoms with van der Waals surface area (Å²) in [5, 5.41) is 0. The van der Waals surface area contributed by atoms with Crippen molar-refractivity contribution in [2.75, 3.05) is 18.1 Å². The predicted molar refractivity (Wildman–Crippen MR) is 81.0 cm³/mol. The summed E-state index contributed by atoms with van der Waals surface area (Å²) in [6, 6.07) is 3.19. The Kier molecular flexibility index (Phi) is 6.18. The topological polar surface area (TPSA) is 89.3 Å². The van der Waals surface area contributed by atoms with Gasteiger partial charge in [-0.05, 0) is 18.2 Å². The minimum Gasteiger partial charge on any atom is -0.389 e. The zero-order valence-electron chi connectivity index (χ0n) is 10.8. The first-order chi connectivity index (χ1) is 9.27. The van der Waals surface area contributed by atoms with Crippen LogP contribution in [-0.2, 0) is 20.8 Å². The van der Waals surface area contributed by atoms with Crippen molar-refractivity contribution in [2.24, 2.45) is 5.73 Å². The molecule has 9 heteroatoms. The Labute approximate surface area is 125 Å². The Morgan fingerprint density at radius 3 is 2.70 bits per heavy atom. The highest BCUT2D eigenvalue weighted by atomic mass is 32.2. The molecule has 1 atom stereocenters. The molecule has 0 amide bonds. The molecule has 0 saturated heterocycles. The predicted octanol–water partition coefficient (Wildman–Crippen LogP) is 0.507. The van der Waals surface area contributed by atoms with Crippen molar-refractivity contribution in [3.05, 3.63) is 29.6 Å². The molecule has 1 aromatic rings. The van der Waals surface area contributed by atoms with E-state index >= 15 is 0 Å². The zero-order chi connectivity index (χ0) is 15.3. The van der Waals surface area contributed by atoms with E-state index < -0.39 is 26.6 Å². The number of nitrogens with two attached hydrogens (primary N) is 1. The number of benzene rings is 1. The number of thiocarbonyl (C=S) groups is 1. The normalized spacial score (nSPS) is 13.1. The molecule has 1 unspecified atom stereocenters. The van der Waals surface area contributed by atoms with Crippen LogP contribution in [0.15, 0.2) is 23.1 Å². The molecule has 112 valence electrons. The highest BCUT2D eigenvalue weighted by molar-refractivity contribution is 7.89. The standard InChI is InChI=1S/C11H15FN2O3S3/c1-2-19(15)6-5-14-20(16,17)8-3-4-10(12)9(7-8)11(13)18/h3-4,7,14H,2,5-6H2,1H3,(H2,13,18). The van der Waals surface area contributed by atoms with Gasteiger partial charge in [-0.25, -0.2) is 17.5 Å². The van der Waals surface area contributed by atoms with Gasteiger partial charge >= 0.3 is 0 Å². The van der Waals surface area contributed by atoms with E-state index in [1.807, 2.05) is 0 Å². The van der Waals surface area contributed by atoms with E-state index in [4.69, 9.17) is 5.73 Å². The summed E-state index contributed by atoms with van der Waals surface area (Å²) >= 11 is 4.65. The SMILES string of the molecule is CCS(=O)CCNS(=O)(=O)c1ccc(F)c(C(N)=S)c1. The molecule has 3 N–H and O–H groups in total. The van der Waals surface area contributed by atoms with Crippen molar-refractivity contribution < 1.29 is 17.0 Å². The van der Waals surface area contributed by atoms with Crippen molar-refractivity contribution in [1.82, 2.24) is 4.72 Å². The molecule has 1 rings (SSSR count). The molecular weight excluding hydrogens is 323 g/mol. The first kappa shape index (κ1) is 17.2. The monoisotopic (exact) mass is 338 g/mol. The summed E-state index contributed by atoms with van der Waals surface area (Å²) in [6.07, 6.45) is 0. The molecular formula is C11H15FN2O3S3. The molecule has 0 radical (unpaired) electrons. The third kappa shape index (κ3) is 4.58. The van der Waals surface area contributed by atoms with E-state index in [-0.39, 0.29) is 27.7 Å². The van der Waals surface area contributed by atoms with Crippen molar-refractivity contribution >= 4 is 38.0 Å². The van der Waals surface area contributed by atoms with Gasteiger partial charge in [-0.1, -0.05) is 19.1 Å². The van der Waals surface area contributed by atoms with Crippen LogP contribution in [0, 0.1) is 5.82 Å². The summed E-state index contributed by atoms with van der Waals surface area (Å²) in [4.78, 5) is -0.351. The fraction of sp³-hybridized carbons (Fsp3) is 0.364. The first-order valence-electron chi connectivity index (χ1n) is 5.72. The van der Waals surface area contributed by atoms with Crippen LogP contribution in [-0.4, -0.2) is 35.7 Å². The smallest absolute Gasteiger partial charge is 0.240 e. The van der Waals surface area contributed by atoms with Crippen molar-refractivity contribution in [3.8, 4) is 0 Å². The van der Waals surface area contributed by atoms with Crippen LogP contribution in [0.5, 0.6) is 0 Å². The number of halogens is 1. The Bertz CT molecular complexity index is 632. The number of nitrogens with one attached hydrogen (secondary N) is 1. The van der Waals surface area contributed by atoms with E-state index in [0.29, 0.717) is 5.75 Å². The van der Waals surface area contributed by atoms with Crippen LogP contribution >= 0.6 is 12.2 Å². The summed E-state index contributed by atoms with van der Waals surface area (Å²) in [5.41, 5.74) is 5.20. The maximum absolute atomic E-state index is 13.4. The van der Waals surface area contributed by atoms with Gasteiger partial charge in [-0.15, -0.1) is 0 Å². The molecule has 20 heavy (non-hydrogen) atoms. The maximum Gasteiger partial charge on any atom is 0.240 e. The Morgan fingerprint density at radius 2 is 2.15 bits per heavy atom. The summed E-state index contributed by atoms with van der Waals surface area (Å²) in [7, 11) is -4.86. The van der Waals surface area contributed by atoms with Crippen molar-refractivity contribution in [3.63, 3.8) is 0 Å². The average Bonchev–Trinajstić information content (AvgIpc) is 2.38. The number of rotatable bonds is 7. The van der Waals surface area contributed by atoms with Crippen molar-refractivity contribution in [1.29, 1.82) is 0 Å². The molecule has 1 aromatic carbocycles. The second kappa shape index (κ2) is 7.21. The fourth-order valence-corrected chi connectivity index (χ4v) is 3.34. The molecule has 0 aliphatic carbocycles. The van der Waals surface area contributed by atoms with Gasteiger partial charge in [0.15, 0.2) is 0 Å². The lowest BCUT2D eigenvalue weighted by molar-refractivity contribution is 0.583. The van der Waals surface area contributed by atoms with E-state index in [9.17, 15) is 17.0 Å². The Morgan fingerprint density at radius 1 is 1.50 bits per heavy atom. The lowest BCUT2D eigenvalue weighted by Crippen LogP contribution is -2.28. The van der Waals surface area contributed by atoms with Gasteiger partial charge in [-0.3, -0.25) is 4.21 Å². The second-order valence-corrected chi connectivity index (χ2v) is 7.91. The van der Waals surface area contributed by atoms with Crippen LogP contribution in [0.2, 0.25) is 0 Å². The van der Waals surface area contributed by atoms with E-state index in [0.717, 1.165) is 18.2 Å². The number of sulfonamides is 1. The van der Waals surface area contributed by atoms with Crippen LogP contribution in [0.4, 0.5) is 4.39 Å². The quantitative estimate of drug-likeness (QED) is 0.707. The molecule has 0 spiro atoms. The van der Waals surface area contributed by atoms with Gasteiger partial charge in [0.1, 0.15) is 10.8 Å². The summed E-state index contributed by atoms with van der Waals surface area (Å²) < 4.78 is 50.8. The minimum absolute atomic E-state index is 0.0442. The van der Waals surface area contributed by atoms with E-state index in [1.165, 1.54) is 0 Å². The van der Waals surface area contributed by atoms with Gasteiger partial charge in [0.25, 0.3) is 0 Å². The maximum atomic E-state index is 13.4. The van der Waals surface area contributed by atoms with E-state index in [1.54, 1.807) is 6.92 Å². The average molecular weight is 338 g/mol.